The van der Waals surface area contributed by atoms with Crippen molar-refractivity contribution in [3.8, 4) is 0 Å². The molecule has 0 radical (unpaired) electrons. The van der Waals surface area contributed by atoms with E-state index < -0.39 is 5.91 Å². The summed E-state index contributed by atoms with van der Waals surface area (Å²) in [6.07, 6.45) is 1.66. The number of pyridine rings is 1. The number of carbonyl (C=O) groups excluding carboxylic acids is 2. The van der Waals surface area contributed by atoms with Crippen LogP contribution in [-0.2, 0) is 6.54 Å². The Morgan fingerprint density at radius 1 is 0.933 bits per heavy atom. The van der Waals surface area contributed by atoms with Crippen molar-refractivity contribution in [1.82, 2.24) is 9.47 Å². The van der Waals surface area contributed by atoms with Crippen molar-refractivity contribution >= 4 is 17.5 Å². The third-order valence-electron chi connectivity index (χ3n) is 4.88. The minimum atomic E-state index is -0.505. The first-order chi connectivity index (χ1) is 14.5. The predicted molar refractivity (Wildman–Crippen MR) is 118 cm³/mol. The Labute approximate surface area is 175 Å². The van der Waals surface area contributed by atoms with Crippen LogP contribution in [0.2, 0.25) is 0 Å². The lowest BCUT2D eigenvalue weighted by molar-refractivity contribution is 0.0772. The summed E-state index contributed by atoms with van der Waals surface area (Å²) in [6.45, 7) is 5.44. The van der Waals surface area contributed by atoms with Gasteiger partial charge in [0, 0.05) is 30.5 Å². The highest BCUT2D eigenvalue weighted by atomic mass is 16.2. The van der Waals surface area contributed by atoms with Gasteiger partial charge < -0.3 is 14.8 Å². The quantitative estimate of drug-likeness (QED) is 0.655. The molecule has 0 aliphatic rings. The molecule has 6 heteroatoms. The van der Waals surface area contributed by atoms with E-state index in [1.807, 2.05) is 44.2 Å². The molecule has 0 atom stereocenters. The maximum Gasteiger partial charge on any atom is 0.263 e. The van der Waals surface area contributed by atoms with Gasteiger partial charge in [0.15, 0.2) is 0 Å². The highest BCUT2D eigenvalue weighted by Crippen LogP contribution is 2.14. The first-order valence-electron chi connectivity index (χ1n) is 9.97. The number of carbonyl (C=O) groups is 2. The second-order valence-corrected chi connectivity index (χ2v) is 6.85. The Bertz CT molecular complexity index is 1090. The summed E-state index contributed by atoms with van der Waals surface area (Å²) in [5, 5.41) is 2.74. The third kappa shape index (κ3) is 4.84. The molecule has 0 saturated carbocycles. The van der Waals surface area contributed by atoms with Gasteiger partial charge in [0.25, 0.3) is 17.4 Å². The number of aromatic nitrogens is 1. The van der Waals surface area contributed by atoms with Gasteiger partial charge in [-0.2, -0.15) is 0 Å². The molecular formula is C24H25N3O3. The number of hydrogen-bond donors (Lipinski definition) is 1. The molecule has 2 amide bonds. The molecule has 3 aromatic rings. The topological polar surface area (TPSA) is 71.4 Å². The second-order valence-electron chi connectivity index (χ2n) is 6.85. The molecule has 1 aromatic heterocycles. The predicted octanol–water partition coefficient (Wildman–Crippen LogP) is 3.63. The Morgan fingerprint density at radius 3 is 2.37 bits per heavy atom. The van der Waals surface area contributed by atoms with Crippen LogP contribution >= 0.6 is 0 Å². The second kappa shape index (κ2) is 9.69. The van der Waals surface area contributed by atoms with Gasteiger partial charge in [-0.15, -0.1) is 0 Å². The van der Waals surface area contributed by atoms with Crippen molar-refractivity contribution in [2.24, 2.45) is 0 Å². The number of anilines is 1. The molecule has 30 heavy (non-hydrogen) atoms. The third-order valence-corrected chi connectivity index (χ3v) is 4.88. The average Bonchev–Trinajstić information content (AvgIpc) is 2.77. The molecule has 1 N–H and O–H groups in total. The summed E-state index contributed by atoms with van der Waals surface area (Å²) in [5.41, 5.74) is 1.62. The van der Waals surface area contributed by atoms with Gasteiger partial charge in [-0.25, -0.2) is 0 Å². The number of benzene rings is 2. The summed E-state index contributed by atoms with van der Waals surface area (Å²) in [7, 11) is 0. The number of nitrogens with zero attached hydrogens (tertiary/aromatic N) is 2. The van der Waals surface area contributed by atoms with E-state index in [4.69, 9.17) is 0 Å². The fourth-order valence-corrected chi connectivity index (χ4v) is 3.24. The number of amides is 2. The number of rotatable bonds is 7. The van der Waals surface area contributed by atoms with Crippen LogP contribution in [0.4, 0.5) is 5.69 Å². The molecule has 154 valence electrons. The molecule has 0 aliphatic carbocycles. The van der Waals surface area contributed by atoms with Gasteiger partial charge in [-0.1, -0.05) is 36.4 Å². The summed E-state index contributed by atoms with van der Waals surface area (Å²) in [5.74, 6) is -0.601. The zero-order valence-corrected chi connectivity index (χ0v) is 17.2. The monoisotopic (exact) mass is 403 g/mol. The standard InChI is InChI=1S/C24H25N3O3/c1-3-26(4-2)23(29)19-12-8-13-20(16-19)25-22(28)21-14-9-15-27(24(21)30)17-18-10-6-5-7-11-18/h5-16H,3-4,17H2,1-2H3,(H,25,28). The molecule has 0 aliphatic heterocycles. The molecule has 0 bridgehead atoms. The zero-order chi connectivity index (χ0) is 21.5. The normalized spacial score (nSPS) is 10.5. The minimum absolute atomic E-state index is 0.0499. The lowest BCUT2D eigenvalue weighted by atomic mass is 10.1. The van der Waals surface area contributed by atoms with Crippen LogP contribution in [0.3, 0.4) is 0 Å². The van der Waals surface area contributed by atoms with E-state index in [-0.39, 0.29) is 17.0 Å². The molecule has 0 fully saturated rings. The average molecular weight is 403 g/mol. The fourth-order valence-electron chi connectivity index (χ4n) is 3.24. The van der Waals surface area contributed by atoms with Gasteiger partial charge in [-0.05, 0) is 49.7 Å². The van der Waals surface area contributed by atoms with Crippen molar-refractivity contribution < 1.29 is 9.59 Å². The van der Waals surface area contributed by atoms with Gasteiger partial charge in [-0.3, -0.25) is 14.4 Å². The Morgan fingerprint density at radius 2 is 1.67 bits per heavy atom. The molecule has 0 saturated heterocycles. The molecular weight excluding hydrogens is 378 g/mol. The van der Waals surface area contributed by atoms with E-state index in [1.165, 1.54) is 10.6 Å². The molecule has 6 nitrogen and oxygen atoms in total. The van der Waals surface area contributed by atoms with E-state index in [2.05, 4.69) is 5.32 Å². The maximum absolute atomic E-state index is 12.8. The van der Waals surface area contributed by atoms with Crippen LogP contribution < -0.4 is 10.9 Å². The van der Waals surface area contributed by atoms with Crippen LogP contribution in [0.15, 0.2) is 77.7 Å². The zero-order valence-electron chi connectivity index (χ0n) is 17.2. The summed E-state index contributed by atoms with van der Waals surface area (Å²) in [4.78, 5) is 39.8. The molecule has 0 unspecified atom stereocenters. The smallest absolute Gasteiger partial charge is 0.263 e. The molecule has 0 spiro atoms. The van der Waals surface area contributed by atoms with Gasteiger partial charge in [0.05, 0.1) is 6.54 Å². The summed E-state index contributed by atoms with van der Waals surface area (Å²) < 4.78 is 1.50. The Kier molecular flexibility index (Phi) is 6.80. The van der Waals surface area contributed by atoms with Gasteiger partial charge in [0.1, 0.15) is 5.56 Å². The first-order valence-corrected chi connectivity index (χ1v) is 9.97. The highest BCUT2D eigenvalue weighted by Gasteiger charge is 2.15. The van der Waals surface area contributed by atoms with E-state index in [1.54, 1.807) is 41.4 Å². The maximum atomic E-state index is 12.8. The minimum Gasteiger partial charge on any atom is -0.339 e. The summed E-state index contributed by atoms with van der Waals surface area (Å²) >= 11 is 0. The van der Waals surface area contributed by atoms with E-state index >= 15 is 0 Å². The van der Waals surface area contributed by atoms with Crippen LogP contribution in [0, 0.1) is 0 Å². The van der Waals surface area contributed by atoms with Crippen molar-refractivity contribution in [3.63, 3.8) is 0 Å². The van der Waals surface area contributed by atoms with Crippen LogP contribution in [0.5, 0.6) is 0 Å². The largest absolute Gasteiger partial charge is 0.339 e. The Balaban J connectivity index is 1.80. The Hall–Kier alpha value is -3.67. The van der Waals surface area contributed by atoms with E-state index in [9.17, 15) is 14.4 Å². The number of hydrogen-bond acceptors (Lipinski definition) is 3. The van der Waals surface area contributed by atoms with Crippen LogP contribution in [-0.4, -0.2) is 34.4 Å². The molecule has 3 rings (SSSR count). The summed E-state index contributed by atoms with van der Waals surface area (Å²) in [6, 6.07) is 19.5. The first kappa shape index (κ1) is 21.0. The van der Waals surface area contributed by atoms with Crippen molar-refractivity contribution in [2.75, 3.05) is 18.4 Å². The van der Waals surface area contributed by atoms with Crippen LogP contribution in [0.1, 0.15) is 40.1 Å². The SMILES string of the molecule is CCN(CC)C(=O)c1cccc(NC(=O)c2cccn(Cc3ccccc3)c2=O)c1. The van der Waals surface area contributed by atoms with Gasteiger partial charge in [0.2, 0.25) is 0 Å². The number of nitrogens with one attached hydrogen (secondary N) is 1. The molecule has 1 heterocycles. The van der Waals surface area contributed by atoms with E-state index in [0.717, 1.165) is 5.56 Å². The molecule has 2 aromatic carbocycles. The van der Waals surface area contributed by atoms with Crippen molar-refractivity contribution in [1.29, 1.82) is 0 Å². The lowest BCUT2D eigenvalue weighted by Crippen LogP contribution is -2.30. The van der Waals surface area contributed by atoms with Gasteiger partial charge >= 0.3 is 0 Å². The van der Waals surface area contributed by atoms with Crippen molar-refractivity contribution in [2.45, 2.75) is 20.4 Å². The van der Waals surface area contributed by atoms with Crippen molar-refractivity contribution in [3.05, 3.63) is 100.0 Å². The fraction of sp³-hybridized carbons (Fsp3) is 0.208. The van der Waals surface area contributed by atoms with E-state index in [0.29, 0.717) is 30.9 Å². The highest BCUT2D eigenvalue weighted by molar-refractivity contribution is 6.04. The van der Waals surface area contributed by atoms with Crippen LogP contribution in [0.25, 0.3) is 0 Å². The lowest BCUT2D eigenvalue weighted by Gasteiger charge is -2.19.